The zero-order valence-corrected chi connectivity index (χ0v) is 27.7. The van der Waals surface area contributed by atoms with Crippen LogP contribution in [0.25, 0.3) is 0 Å². The van der Waals surface area contributed by atoms with Gasteiger partial charge in [-0.25, -0.2) is 4.79 Å². The van der Waals surface area contributed by atoms with Crippen molar-refractivity contribution in [2.45, 2.75) is 138 Å². The van der Waals surface area contributed by atoms with Gasteiger partial charge < -0.3 is 25.2 Å². The van der Waals surface area contributed by atoms with E-state index in [0.29, 0.717) is 25.2 Å². The van der Waals surface area contributed by atoms with Crippen molar-refractivity contribution in [2.75, 3.05) is 6.61 Å². The molecule has 0 amide bonds. The zero-order valence-electron chi connectivity index (χ0n) is 27.7. The molecule has 6 heteroatoms. The Morgan fingerprint density at radius 3 is 2.21 bits per heavy atom. The smallest absolute Gasteiger partial charge is 0.330 e. The van der Waals surface area contributed by atoms with Gasteiger partial charge in [0.05, 0.1) is 31.0 Å². The maximum atomic E-state index is 12.5. The van der Waals surface area contributed by atoms with Crippen molar-refractivity contribution in [1.82, 2.24) is 0 Å². The molecule has 3 unspecified atom stereocenters. The molecule has 4 saturated carbocycles. The minimum atomic E-state index is -0.968. The topological polar surface area (TPSA) is 107 Å². The first-order chi connectivity index (χ1) is 19.3. The molecule has 0 aromatic heterocycles. The van der Waals surface area contributed by atoms with E-state index in [1.807, 2.05) is 13.8 Å². The lowest BCUT2D eigenvalue weighted by molar-refractivity contribution is -0.252. The van der Waals surface area contributed by atoms with Crippen molar-refractivity contribution < 1.29 is 30.0 Å². The van der Waals surface area contributed by atoms with E-state index in [4.69, 9.17) is 4.74 Å². The molecule has 238 valence electrons. The van der Waals surface area contributed by atoms with E-state index in [2.05, 4.69) is 54.5 Å². The van der Waals surface area contributed by atoms with Gasteiger partial charge in [-0.1, -0.05) is 65.7 Å². The number of esters is 1. The first-order valence-corrected chi connectivity index (χ1v) is 16.6. The fraction of sp³-hybridized carbons (Fsp3) is 0.861. The van der Waals surface area contributed by atoms with Crippen molar-refractivity contribution in [2.24, 2.45) is 50.2 Å². The summed E-state index contributed by atoms with van der Waals surface area (Å²) < 4.78 is 5.80. The van der Waals surface area contributed by atoms with Gasteiger partial charge in [-0.3, -0.25) is 0 Å². The van der Waals surface area contributed by atoms with Gasteiger partial charge in [0.2, 0.25) is 0 Å². The molecule has 42 heavy (non-hydrogen) atoms. The maximum Gasteiger partial charge on any atom is 0.330 e. The summed E-state index contributed by atoms with van der Waals surface area (Å²) >= 11 is 0. The zero-order chi connectivity index (χ0) is 31.3. The average Bonchev–Trinajstić information content (AvgIpc) is 2.89. The number of hydrogen-bond donors (Lipinski definition) is 4. The Kier molecular flexibility index (Phi) is 7.78. The number of aliphatic hydroxyl groups excluding tert-OH is 4. The Hall–Kier alpha value is -1.21. The maximum absolute atomic E-state index is 12.5. The summed E-state index contributed by atoms with van der Waals surface area (Å²) in [6.07, 6.45) is 7.35. The second-order valence-electron chi connectivity index (χ2n) is 17.0. The quantitative estimate of drug-likeness (QED) is 0.184. The van der Waals surface area contributed by atoms with E-state index in [0.717, 1.165) is 37.7 Å². The summed E-state index contributed by atoms with van der Waals surface area (Å²) in [7, 11) is 0. The summed E-state index contributed by atoms with van der Waals surface area (Å²) in [4.78, 5) is 12.5. The van der Waals surface area contributed by atoms with Crippen LogP contribution in [0.5, 0.6) is 0 Å². The number of carbonyl (C=O) groups excluding carboxylic acids is 1. The van der Waals surface area contributed by atoms with Gasteiger partial charge in [-0.15, -0.1) is 0 Å². The fourth-order valence-corrected chi connectivity index (χ4v) is 11.8. The standard InChI is InChI=1S/C36H58O6/c1-10-36-23(18-31(4,5)29(40)30(36)41)22-11-12-25-32(6)15-14-26(37)33(7,20-42-28(39)17-21(2)3)24(32)13-16-34(25,8)35(22,9)19-27(36)38/h11,17,23-27,29-30,37-38,40-41H,10,12-16,18-20H2,1-9H3/t23?,24?,25?,26-,27+,29-,30-,32-,33+,34+,35+,36-/m0/s1. The van der Waals surface area contributed by atoms with E-state index in [-0.39, 0.29) is 40.7 Å². The van der Waals surface area contributed by atoms with Gasteiger partial charge in [0.25, 0.3) is 0 Å². The van der Waals surface area contributed by atoms with Crippen molar-refractivity contribution in [3.05, 3.63) is 23.3 Å². The third-order valence-electron chi connectivity index (χ3n) is 14.5. The Labute approximate surface area is 254 Å². The lowest BCUT2D eigenvalue weighted by Crippen LogP contribution is -2.70. The Balaban J connectivity index is 1.54. The number of fused-ring (bicyclic) bond motifs is 7. The van der Waals surface area contributed by atoms with Crippen LogP contribution >= 0.6 is 0 Å². The van der Waals surface area contributed by atoms with Crippen molar-refractivity contribution in [3.63, 3.8) is 0 Å². The molecule has 5 aliphatic carbocycles. The fourth-order valence-electron chi connectivity index (χ4n) is 11.8. The van der Waals surface area contributed by atoms with Gasteiger partial charge in [0, 0.05) is 16.9 Å². The number of ether oxygens (including phenoxy) is 1. The van der Waals surface area contributed by atoms with Crippen LogP contribution in [0.1, 0.15) is 114 Å². The number of rotatable bonds is 4. The van der Waals surface area contributed by atoms with Crippen molar-refractivity contribution in [3.8, 4) is 0 Å². The summed E-state index contributed by atoms with van der Waals surface area (Å²) in [5.41, 5.74) is 0.200. The highest BCUT2D eigenvalue weighted by molar-refractivity contribution is 5.82. The molecule has 0 bridgehead atoms. The van der Waals surface area contributed by atoms with E-state index in [9.17, 15) is 25.2 Å². The first-order valence-electron chi connectivity index (χ1n) is 16.6. The molecule has 0 aromatic carbocycles. The molecule has 0 heterocycles. The lowest BCUT2D eigenvalue weighted by atomic mass is 9.32. The van der Waals surface area contributed by atoms with Crippen LogP contribution in [0.2, 0.25) is 0 Å². The molecule has 0 spiro atoms. The van der Waals surface area contributed by atoms with Crippen LogP contribution < -0.4 is 0 Å². The van der Waals surface area contributed by atoms with Gasteiger partial charge in [0.15, 0.2) is 0 Å². The third-order valence-corrected chi connectivity index (χ3v) is 14.5. The summed E-state index contributed by atoms with van der Waals surface area (Å²) in [5.74, 6) is 0.235. The van der Waals surface area contributed by atoms with Crippen LogP contribution in [-0.4, -0.2) is 57.4 Å². The second-order valence-corrected chi connectivity index (χ2v) is 17.0. The molecule has 5 aliphatic rings. The molecule has 0 saturated heterocycles. The molecule has 0 radical (unpaired) electrons. The minimum absolute atomic E-state index is 0.0147. The monoisotopic (exact) mass is 586 g/mol. The second kappa shape index (κ2) is 10.2. The number of hydrogen-bond acceptors (Lipinski definition) is 6. The number of aliphatic hydroxyl groups is 4. The van der Waals surface area contributed by atoms with Crippen molar-refractivity contribution in [1.29, 1.82) is 0 Å². The third kappa shape index (κ3) is 4.13. The average molecular weight is 587 g/mol. The van der Waals surface area contributed by atoms with E-state index in [1.165, 1.54) is 11.6 Å². The van der Waals surface area contributed by atoms with Crippen LogP contribution in [-0.2, 0) is 9.53 Å². The SMILES string of the molecule is CC[C@@]12C(CC(C)(C)[C@@H](O)[C@@H]1O)C1=CCC3[C@@]4(C)CC[C@H](O)[C@](C)(COC(=O)C=C(C)C)C4CC[C@@]3(C)[C@]1(C)C[C@H]2O. The molecular formula is C36H58O6. The molecule has 5 rings (SSSR count). The van der Waals surface area contributed by atoms with Crippen molar-refractivity contribution >= 4 is 5.97 Å². The van der Waals surface area contributed by atoms with Crippen LogP contribution in [0.3, 0.4) is 0 Å². The normalized spacial score (nSPS) is 51.2. The lowest BCUT2D eigenvalue weighted by Gasteiger charge is -2.72. The predicted octanol–water partition coefficient (Wildman–Crippen LogP) is 5.96. The molecule has 4 fully saturated rings. The van der Waals surface area contributed by atoms with Gasteiger partial charge in [0.1, 0.15) is 0 Å². The van der Waals surface area contributed by atoms with Gasteiger partial charge in [-0.05, 0) is 105 Å². The summed E-state index contributed by atoms with van der Waals surface area (Å²) in [6.45, 7) is 19.5. The summed E-state index contributed by atoms with van der Waals surface area (Å²) in [6, 6.07) is 0. The van der Waals surface area contributed by atoms with E-state index < -0.39 is 40.7 Å². The number of carbonyl (C=O) groups is 1. The van der Waals surface area contributed by atoms with E-state index >= 15 is 0 Å². The molecule has 0 aromatic rings. The van der Waals surface area contributed by atoms with Crippen LogP contribution in [0.15, 0.2) is 23.3 Å². The molecule has 12 atom stereocenters. The molecule has 6 nitrogen and oxygen atoms in total. The molecular weight excluding hydrogens is 528 g/mol. The van der Waals surface area contributed by atoms with Crippen LogP contribution in [0, 0.1) is 50.2 Å². The largest absolute Gasteiger partial charge is 0.462 e. The minimum Gasteiger partial charge on any atom is -0.462 e. The first kappa shape index (κ1) is 32.2. The Morgan fingerprint density at radius 2 is 1.60 bits per heavy atom. The highest BCUT2D eigenvalue weighted by Gasteiger charge is 2.72. The number of allylic oxidation sites excluding steroid dienone is 3. The molecule has 0 aliphatic heterocycles. The summed E-state index contributed by atoms with van der Waals surface area (Å²) in [5, 5.41) is 46.2. The highest BCUT2D eigenvalue weighted by atomic mass is 16.5. The predicted molar refractivity (Wildman–Crippen MR) is 164 cm³/mol. The Bertz CT molecular complexity index is 1150. The Morgan fingerprint density at radius 1 is 0.929 bits per heavy atom. The van der Waals surface area contributed by atoms with Gasteiger partial charge >= 0.3 is 5.97 Å². The molecule has 4 N–H and O–H groups in total. The van der Waals surface area contributed by atoms with Crippen LogP contribution in [0.4, 0.5) is 0 Å². The highest BCUT2D eigenvalue weighted by Crippen LogP contribution is 2.76. The van der Waals surface area contributed by atoms with E-state index in [1.54, 1.807) is 0 Å². The van der Waals surface area contributed by atoms with Gasteiger partial charge in [-0.2, -0.15) is 0 Å².